The zero-order chi connectivity index (χ0) is 44.3. The van der Waals surface area contributed by atoms with E-state index in [1.807, 2.05) is 21.1 Å². The summed E-state index contributed by atoms with van der Waals surface area (Å²) in [7, 11) is 1.13. The fourth-order valence-corrected chi connectivity index (χ4v) is 6.76. The lowest BCUT2D eigenvalue weighted by Gasteiger charge is -2.28. The smallest absolute Gasteiger partial charge is 0.306 e. The lowest BCUT2D eigenvalue weighted by molar-refractivity contribution is -0.870. The van der Waals surface area contributed by atoms with Crippen LogP contribution in [-0.2, 0) is 32.7 Å². The van der Waals surface area contributed by atoms with Crippen LogP contribution in [0.2, 0.25) is 0 Å². The Labute approximate surface area is 368 Å². The van der Waals surface area contributed by atoms with E-state index in [2.05, 4.69) is 86.8 Å². The van der Waals surface area contributed by atoms with Crippen LogP contribution in [0.5, 0.6) is 0 Å². The molecule has 0 radical (unpaired) electrons. The van der Waals surface area contributed by atoms with Gasteiger partial charge in [0.05, 0.1) is 27.7 Å². The number of phosphoric ester groups is 1. The van der Waals surface area contributed by atoms with Crippen LogP contribution in [0.25, 0.3) is 0 Å². The summed E-state index contributed by atoms with van der Waals surface area (Å²) in [6.07, 6.45) is 52.1. The lowest BCUT2D eigenvalue weighted by Crippen LogP contribution is -2.37. The number of unbranched alkanes of at least 4 members (excludes halogenated alkanes) is 16. The number of likely N-dealkylation sites (N-methyl/N-ethyl adjacent to an activating group) is 1. The fourth-order valence-electron chi connectivity index (χ4n) is 6.03. The average molecular weight is 862 g/mol. The van der Waals surface area contributed by atoms with Crippen molar-refractivity contribution in [2.45, 2.75) is 187 Å². The van der Waals surface area contributed by atoms with Crippen LogP contribution >= 0.6 is 7.82 Å². The summed E-state index contributed by atoms with van der Waals surface area (Å²) in [5.41, 5.74) is 0. The first-order valence-electron chi connectivity index (χ1n) is 23.6. The Bertz CT molecular complexity index is 1250. The van der Waals surface area contributed by atoms with Crippen molar-refractivity contribution in [1.29, 1.82) is 0 Å². The molecule has 0 aromatic rings. The molecule has 2 atom stereocenters. The van der Waals surface area contributed by atoms with Crippen LogP contribution in [0, 0.1) is 0 Å². The van der Waals surface area contributed by atoms with E-state index >= 15 is 0 Å². The monoisotopic (exact) mass is 862 g/mol. The molecule has 9 nitrogen and oxygen atoms in total. The summed E-state index contributed by atoms with van der Waals surface area (Å²) in [4.78, 5) is 37.6. The molecule has 0 aliphatic rings. The number of nitrogens with zero attached hydrogens (tertiary/aromatic N) is 1. The van der Waals surface area contributed by atoms with Gasteiger partial charge in [0.25, 0.3) is 7.82 Å². The molecule has 0 heterocycles. The van der Waals surface area contributed by atoms with Crippen LogP contribution in [0.15, 0.2) is 72.9 Å². The van der Waals surface area contributed by atoms with Gasteiger partial charge in [0, 0.05) is 12.8 Å². The third-order valence-corrected chi connectivity index (χ3v) is 10.7. The van der Waals surface area contributed by atoms with Crippen molar-refractivity contribution in [2.75, 3.05) is 47.5 Å². The molecule has 0 aromatic carbocycles. The maximum Gasteiger partial charge on any atom is 0.306 e. The number of quaternary nitrogens is 1. The molecule has 0 aliphatic heterocycles. The molecule has 0 saturated heterocycles. The molecule has 0 saturated carbocycles. The molecular formula is C50H88NO8P. The van der Waals surface area contributed by atoms with Gasteiger partial charge in [-0.25, -0.2) is 0 Å². The highest BCUT2D eigenvalue weighted by atomic mass is 31.2. The second-order valence-electron chi connectivity index (χ2n) is 16.7. The minimum Gasteiger partial charge on any atom is -0.756 e. The maximum atomic E-state index is 12.7. The van der Waals surface area contributed by atoms with Crippen LogP contribution < -0.4 is 4.89 Å². The van der Waals surface area contributed by atoms with Gasteiger partial charge in [-0.2, -0.15) is 0 Å². The van der Waals surface area contributed by atoms with E-state index in [9.17, 15) is 19.0 Å². The predicted octanol–water partition coefficient (Wildman–Crippen LogP) is 13.2. The number of hydrogen-bond acceptors (Lipinski definition) is 8. The largest absolute Gasteiger partial charge is 0.756 e. The Kier molecular flexibility index (Phi) is 40.0. The molecule has 0 aliphatic carbocycles. The zero-order valence-electron chi connectivity index (χ0n) is 38.9. The molecule has 0 spiro atoms. The quantitative estimate of drug-likeness (QED) is 0.0196. The van der Waals surface area contributed by atoms with Gasteiger partial charge in [-0.15, -0.1) is 0 Å². The number of allylic oxidation sites excluding steroid dienone is 12. The molecule has 60 heavy (non-hydrogen) atoms. The summed E-state index contributed by atoms with van der Waals surface area (Å²) in [5.74, 6) is -0.881. The first-order chi connectivity index (χ1) is 29.0. The van der Waals surface area contributed by atoms with Gasteiger partial charge in [-0.3, -0.25) is 14.2 Å². The summed E-state index contributed by atoms with van der Waals surface area (Å²) < 4.78 is 33.9. The molecule has 0 bridgehead atoms. The standard InChI is InChI=1S/C50H88NO8P/c1-6-8-10-12-14-16-18-20-22-24-25-27-29-31-33-35-37-39-41-43-50(53)59-48(47-58-60(54,55)57-45-44-51(3,4)5)46-56-49(52)42-40-38-36-34-32-30-28-26-23-21-19-17-15-13-11-9-7-2/h8,10,14,16,20-23,25,27,31,33,48H,6-7,9,11-13,15,17-19,24,26,28-30,32,34-47H2,1-5H3/b10-8-,16-14-,22-20-,23-21-,27-25-,33-31-. The van der Waals surface area contributed by atoms with Gasteiger partial charge in [0.1, 0.15) is 19.8 Å². The normalized spacial score (nSPS) is 14.2. The third-order valence-electron chi connectivity index (χ3n) is 9.71. The van der Waals surface area contributed by atoms with Gasteiger partial charge in [0.2, 0.25) is 0 Å². The number of rotatable bonds is 42. The van der Waals surface area contributed by atoms with Crippen LogP contribution in [-0.4, -0.2) is 70.0 Å². The highest BCUT2D eigenvalue weighted by Crippen LogP contribution is 2.38. The zero-order valence-corrected chi connectivity index (χ0v) is 39.8. The Morgan fingerprint density at radius 3 is 1.45 bits per heavy atom. The van der Waals surface area contributed by atoms with E-state index < -0.39 is 32.5 Å². The minimum absolute atomic E-state index is 0.0416. The SMILES string of the molecule is CC/C=C\C/C=C\C/C=C\C/C=C\C/C=C\CCCCCC(=O)OC(COC(=O)CCCCCCCCC/C=C\CCCCCCCC)COP(=O)([O-])OCC[N+](C)(C)C. The Hall–Kier alpha value is -2.55. The van der Waals surface area contributed by atoms with Crippen molar-refractivity contribution >= 4 is 19.8 Å². The lowest BCUT2D eigenvalue weighted by atomic mass is 10.1. The first kappa shape index (κ1) is 57.4. The molecule has 0 aromatic heterocycles. The number of phosphoric acid groups is 1. The van der Waals surface area contributed by atoms with Crippen LogP contribution in [0.1, 0.15) is 181 Å². The summed E-state index contributed by atoms with van der Waals surface area (Å²) in [5, 5.41) is 0. The molecule has 0 fully saturated rings. The van der Waals surface area contributed by atoms with Gasteiger partial charge in [0.15, 0.2) is 6.10 Å². The van der Waals surface area contributed by atoms with Crippen LogP contribution in [0.4, 0.5) is 0 Å². The number of hydrogen-bond donors (Lipinski definition) is 0. The third kappa shape index (κ3) is 45.0. The summed E-state index contributed by atoms with van der Waals surface area (Å²) >= 11 is 0. The Balaban J connectivity index is 4.40. The van der Waals surface area contributed by atoms with Crippen LogP contribution in [0.3, 0.4) is 0 Å². The molecular weight excluding hydrogens is 774 g/mol. The van der Waals surface area contributed by atoms with E-state index in [1.165, 1.54) is 64.2 Å². The first-order valence-corrected chi connectivity index (χ1v) is 25.1. The van der Waals surface area contributed by atoms with E-state index in [-0.39, 0.29) is 26.1 Å². The topological polar surface area (TPSA) is 111 Å². The highest BCUT2D eigenvalue weighted by molar-refractivity contribution is 7.45. The minimum atomic E-state index is -4.64. The predicted molar refractivity (Wildman–Crippen MR) is 249 cm³/mol. The van der Waals surface area contributed by atoms with Gasteiger partial charge in [-0.1, -0.05) is 157 Å². The Morgan fingerprint density at radius 2 is 0.950 bits per heavy atom. The van der Waals surface area contributed by atoms with E-state index in [1.54, 1.807) is 0 Å². The van der Waals surface area contributed by atoms with E-state index in [0.29, 0.717) is 17.4 Å². The van der Waals surface area contributed by atoms with Crippen molar-refractivity contribution < 1.29 is 42.1 Å². The van der Waals surface area contributed by atoms with Gasteiger partial charge >= 0.3 is 11.9 Å². The van der Waals surface area contributed by atoms with Crippen molar-refractivity contribution in [3.05, 3.63) is 72.9 Å². The second kappa shape index (κ2) is 41.8. The molecule has 0 amide bonds. The van der Waals surface area contributed by atoms with Gasteiger partial charge < -0.3 is 27.9 Å². The molecule has 0 N–H and O–H groups in total. The van der Waals surface area contributed by atoms with Crippen molar-refractivity contribution in [3.8, 4) is 0 Å². The molecule has 2 unspecified atom stereocenters. The Morgan fingerprint density at radius 1 is 0.533 bits per heavy atom. The van der Waals surface area contributed by atoms with Crippen molar-refractivity contribution in [2.24, 2.45) is 0 Å². The number of esters is 2. The van der Waals surface area contributed by atoms with Crippen molar-refractivity contribution in [3.63, 3.8) is 0 Å². The average Bonchev–Trinajstić information content (AvgIpc) is 3.20. The van der Waals surface area contributed by atoms with Gasteiger partial charge in [-0.05, 0) is 83.5 Å². The fraction of sp³-hybridized carbons (Fsp3) is 0.720. The molecule has 10 heteroatoms. The van der Waals surface area contributed by atoms with Crippen molar-refractivity contribution in [1.82, 2.24) is 0 Å². The summed E-state index contributed by atoms with van der Waals surface area (Å²) in [6, 6.07) is 0. The molecule has 346 valence electrons. The second-order valence-corrected chi connectivity index (χ2v) is 18.1. The van der Waals surface area contributed by atoms with E-state index in [0.717, 1.165) is 83.5 Å². The number of carbonyl (C=O) groups excluding carboxylic acids is 2. The highest BCUT2D eigenvalue weighted by Gasteiger charge is 2.21. The summed E-state index contributed by atoms with van der Waals surface area (Å²) in [6.45, 7) is 4.06. The number of ether oxygens (including phenoxy) is 2. The molecule has 0 rings (SSSR count). The number of carbonyl (C=O) groups is 2. The maximum absolute atomic E-state index is 12.7. The van der Waals surface area contributed by atoms with E-state index in [4.69, 9.17) is 18.5 Å².